The fourth-order valence-electron chi connectivity index (χ4n) is 1.96. The van der Waals surface area contributed by atoms with Crippen LogP contribution in [0.15, 0.2) is 12.1 Å². The Morgan fingerprint density at radius 2 is 2.12 bits per heavy atom. The van der Waals surface area contributed by atoms with Crippen molar-refractivity contribution in [1.82, 2.24) is 9.97 Å². The first-order valence-corrected chi connectivity index (χ1v) is 5.90. The molecule has 16 heavy (non-hydrogen) atoms. The predicted octanol–water partition coefficient (Wildman–Crippen LogP) is 2.54. The van der Waals surface area contributed by atoms with Crippen LogP contribution in [0, 0.1) is 5.13 Å². The largest absolute Gasteiger partial charge is 0.493 e. The van der Waals surface area contributed by atoms with Gasteiger partial charge in [-0.25, -0.2) is 4.98 Å². The van der Waals surface area contributed by atoms with E-state index in [9.17, 15) is 9.50 Å². The minimum atomic E-state index is -0.265. The lowest BCUT2D eigenvalue weighted by Gasteiger charge is -2.03. The van der Waals surface area contributed by atoms with E-state index in [0.717, 1.165) is 41.9 Å². The highest BCUT2D eigenvalue weighted by Gasteiger charge is 2.19. The number of hydrogen-bond acceptors (Lipinski definition) is 4. The van der Waals surface area contributed by atoms with E-state index in [-0.39, 0.29) is 11.0 Å². The van der Waals surface area contributed by atoms with Crippen LogP contribution in [0.1, 0.15) is 17.7 Å². The van der Waals surface area contributed by atoms with Gasteiger partial charge in [0.2, 0.25) is 5.88 Å². The summed E-state index contributed by atoms with van der Waals surface area (Å²) in [7, 11) is 0. The Morgan fingerprint density at radius 1 is 1.25 bits per heavy atom. The van der Waals surface area contributed by atoms with Crippen LogP contribution in [0.2, 0.25) is 0 Å². The van der Waals surface area contributed by atoms with E-state index in [1.807, 2.05) is 0 Å². The van der Waals surface area contributed by atoms with E-state index in [4.69, 9.17) is 0 Å². The summed E-state index contributed by atoms with van der Waals surface area (Å²) in [6.45, 7) is 0. The van der Waals surface area contributed by atoms with Crippen molar-refractivity contribution in [3.63, 3.8) is 0 Å². The maximum atomic E-state index is 12.9. The molecule has 0 unspecified atom stereocenters. The Balaban J connectivity index is 2.12. The predicted molar refractivity (Wildman–Crippen MR) is 59.0 cm³/mol. The van der Waals surface area contributed by atoms with E-state index in [2.05, 4.69) is 9.97 Å². The third-order valence-corrected chi connectivity index (χ3v) is 3.57. The Labute approximate surface area is 95.6 Å². The van der Waals surface area contributed by atoms with Crippen LogP contribution < -0.4 is 0 Å². The number of aromatic nitrogens is 2. The van der Waals surface area contributed by atoms with E-state index < -0.39 is 0 Å². The number of aromatic hydroxyl groups is 1. The zero-order valence-electron chi connectivity index (χ0n) is 8.40. The van der Waals surface area contributed by atoms with Gasteiger partial charge in [-0.3, -0.25) is 0 Å². The molecule has 0 fully saturated rings. The number of nitrogens with zero attached hydrogens (tertiary/aromatic N) is 2. The molecule has 3 rings (SSSR count). The van der Waals surface area contributed by atoms with Gasteiger partial charge in [0.25, 0.3) is 0 Å². The zero-order chi connectivity index (χ0) is 11.1. The summed E-state index contributed by atoms with van der Waals surface area (Å²) >= 11 is 0.992. The van der Waals surface area contributed by atoms with Crippen LogP contribution in [-0.4, -0.2) is 15.1 Å². The number of halogens is 1. The van der Waals surface area contributed by atoms with Crippen LogP contribution in [0.3, 0.4) is 0 Å². The molecule has 3 nitrogen and oxygen atoms in total. The third kappa shape index (κ3) is 1.48. The molecule has 2 aromatic rings. The monoisotopic (exact) mass is 236 g/mol. The molecule has 1 N–H and O–H groups in total. The van der Waals surface area contributed by atoms with E-state index in [1.54, 1.807) is 6.07 Å². The lowest BCUT2D eigenvalue weighted by Crippen LogP contribution is -1.95. The van der Waals surface area contributed by atoms with E-state index in [0.29, 0.717) is 10.7 Å². The summed E-state index contributed by atoms with van der Waals surface area (Å²) in [4.78, 5) is 9.04. The third-order valence-electron chi connectivity index (χ3n) is 2.70. The van der Waals surface area contributed by atoms with Crippen molar-refractivity contribution in [1.29, 1.82) is 0 Å². The SMILES string of the molecule is Oc1nc(-c2ccc(F)s2)nc2c1CCC2. The Bertz CT molecular complexity index is 553. The molecule has 2 aromatic heterocycles. The van der Waals surface area contributed by atoms with Gasteiger partial charge in [0.15, 0.2) is 11.0 Å². The molecule has 2 heterocycles. The summed E-state index contributed by atoms with van der Waals surface area (Å²) in [6, 6.07) is 3.02. The fourth-order valence-corrected chi connectivity index (χ4v) is 2.62. The molecule has 1 aliphatic rings. The highest BCUT2D eigenvalue weighted by molar-refractivity contribution is 7.13. The average Bonchev–Trinajstić information content (AvgIpc) is 2.85. The Morgan fingerprint density at radius 3 is 2.88 bits per heavy atom. The van der Waals surface area contributed by atoms with Gasteiger partial charge in [0.1, 0.15) is 0 Å². The standard InChI is InChI=1S/C11H9FN2OS/c12-9-5-4-8(16-9)10-13-7-3-1-2-6(7)11(15)14-10/h4-5H,1-3H2,(H,13,14,15). The highest BCUT2D eigenvalue weighted by atomic mass is 32.1. The molecule has 0 aliphatic heterocycles. The van der Waals surface area contributed by atoms with Crippen molar-refractivity contribution in [3.8, 4) is 16.6 Å². The molecular formula is C11H9FN2OS. The van der Waals surface area contributed by atoms with Crippen LogP contribution in [-0.2, 0) is 12.8 Å². The summed E-state index contributed by atoms with van der Waals surface area (Å²) in [5.74, 6) is 0.471. The fraction of sp³-hybridized carbons (Fsp3) is 0.273. The van der Waals surface area contributed by atoms with Crippen molar-refractivity contribution in [2.75, 3.05) is 0 Å². The first-order valence-electron chi connectivity index (χ1n) is 5.08. The molecule has 1 aliphatic carbocycles. The molecule has 0 amide bonds. The average molecular weight is 236 g/mol. The van der Waals surface area contributed by atoms with Crippen LogP contribution in [0.25, 0.3) is 10.7 Å². The van der Waals surface area contributed by atoms with Crippen molar-refractivity contribution in [2.45, 2.75) is 19.3 Å². The highest BCUT2D eigenvalue weighted by Crippen LogP contribution is 2.31. The second-order valence-electron chi connectivity index (χ2n) is 3.75. The lowest BCUT2D eigenvalue weighted by atomic mass is 10.2. The molecule has 0 saturated heterocycles. The summed E-state index contributed by atoms with van der Waals surface area (Å²) in [6.07, 6.45) is 2.70. The van der Waals surface area contributed by atoms with Crippen molar-refractivity contribution < 1.29 is 9.50 Å². The van der Waals surface area contributed by atoms with Gasteiger partial charge < -0.3 is 5.11 Å². The van der Waals surface area contributed by atoms with Crippen LogP contribution >= 0.6 is 11.3 Å². The summed E-state index contributed by atoms with van der Waals surface area (Å²) in [5.41, 5.74) is 1.75. The van der Waals surface area contributed by atoms with Gasteiger partial charge in [-0.2, -0.15) is 9.37 Å². The summed E-state index contributed by atoms with van der Waals surface area (Å²) in [5, 5.41) is 9.47. The lowest BCUT2D eigenvalue weighted by molar-refractivity contribution is 0.446. The van der Waals surface area contributed by atoms with Crippen molar-refractivity contribution in [2.24, 2.45) is 0 Å². The second-order valence-corrected chi connectivity index (χ2v) is 4.79. The molecule has 0 spiro atoms. The number of hydrogen-bond donors (Lipinski definition) is 1. The molecule has 5 heteroatoms. The smallest absolute Gasteiger partial charge is 0.217 e. The van der Waals surface area contributed by atoms with Gasteiger partial charge in [0, 0.05) is 5.56 Å². The molecule has 0 atom stereocenters. The Kier molecular flexibility index (Phi) is 2.14. The van der Waals surface area contributed by atoms with Crippen LogP contribution in [0.5, 0.6) is 5.88 Å². The van der Waals surface area contributed by atoms with Crippen molar-refractivity contribution in [3.05, 3.63) is 28.5 Å². The molecule has 0 bridgehead atoms. The van der Waals surface area contributed by atoms with E-state index >= 15 is 0 Å². The molecule has 0 saturated carbocycles. The minimum absolute atomic E-state index is 0.0475. The molecule has 0 radical (unpaired) electrons. The van der Waals surface area contributed by atoms with Gasteiger partial charge in [-0.1, -0.05) is 0 Å². The summed E-state index contributed by atoms with van der Waals surface area (Å²) < 4.78 is 12.9. The van der Waals surface area contributed by atoms with Crippen LogP contribution in [0.4, 0.5) is 4.39 Å². The minimum Gasteiger partial charge on any atom is -0.493 e. The normalized spacial score (nSPS) is 14.1. The number of thiophene rings is 1. The Hall–Kier alpha value is -1.49. The topological polar surface area (TPSA) is 46.0 Å². The van der Waals surface area contributed by atoms with Crippen molar-refractivity contribution >= 4 is 11.3 Å². The van der Waals surface area contributed by atoms with Gasteiger partial charge in [0.05, 0.1) is 10.6 Å². The molecular weight excluding hydrogens is 227 g/mol. The van der Waals surface area contributed by atoms with Gasteiger partial charge >= 0.3 is 0 Å². The number of rotatable bonds is 1. The van der Waals surface area contributed by atoms with Gasteiger partial charge in [-0.15, -0.1) is 11.3 Å². The molecule has 82 valence electrons. The first-order chi connectivity index (χ1) is 7.74. The maximum absolute atomic E-state index is 12.9. The second kappa shape index (κ2) is 3.52. The van der Waals surface area contributed by atoms with E-state index in [1.165, 1.54) is 6.07 Å². The zero-order valence-corrected chi connectivity index (χ0v) is 9.22. The quantitative estimate of drug-likeness (QED) is 0.827. The first kappa shape index (κ1) is 9.72. The maximum Gasteiger partial charge on any atom is 0.217 e. The van der Waals surface area contributed by atoms with Gasteiger partial charge in [-0.05, 0) is 31.4 Å². The number of aryl methyl sites for hydroxylation is 1. The molecule has 0 aromatic carbocycles. The number of fused-ring (bicyclic) bond motifs is 1.